The molecule has 0 amide bonds. The van der Waals surface area contributed by atoms with E-state index in [-0.39, 0.29) is 5.97 Å². The summed E-state index contributed by atoms with van der Waals surface area (Å²) in [5, 5.41) is 0. The lowest BCUT2D eigenvalue weighted by molar-refractivity contribution is -0.137. The molecule has 0 unspecified atom stereocenters. The first kappa shape index (κ1) is 13.9. The van der Waals surface area contributed by atoms with Crippen LogP contribution in [0.5, 0.6) is 0 Å². The molecule has 0 saturated carbocycles. The van der Waals surface area contributed by atoms with Crippen LogP contribution in [0, 0.1) is 5.92 Å². The Morgan fingerprint density at radius 2 is 2.00 bits per heavy atom. The van der Waals surface area contributed by atoms with Crippen molar-refractivity contribution < 1.29 is 9.53 Å². The highest BCUT2D eigenvalue weighted by Crippen LogP contribution is 2.17. The van der Waals surface area contributed by atoms with Gasteiger partial charge in [-0.25, -0.2) is 0 Å². The monoisotopic (exact) mass is 210 g/mol. The van der Waals surface area contributed by atoms with Crippen LogP contribution in [-0.2, 0) is 9.53 Å². The minimum atomic E-state index is -0.281. The second-order valence-electron chi connectivity index (χ2n) is 4.30. The smallest absolute Gasteiger partial charge is 0.307 e. The Labute approximate surface area is 93.0 Å². The molecule has 0 radical (unpaired) electrons. The van der Waals surface area contributed by atoms with Gasteiger partial charge in [0, 0.05) is 13.3 Å². The Bertz CT molecular complexity index is 247. The van der Waals surface area contributed by atoms with Gasteiger partial charge in [0.2, 0.25) is 0 Å². The van der Waals surface area contributed by atoms with E-state index in [9.17, 15) is 4.79 Å². The molecule has 0 aromatic carbocycles. The van der Waals surface area contributed by atoms with Crippen LogP contribution in [0.2, 0.25) is 0 Å². The molecule has 0 aromatic rings. The van der Waals surface area contributed by atoms with Crippen LogP contribution in [0.4, 0.5) is 0 Å². The molecule has 0 aliphatic rings. The third-order valence-electron chi connectivity index (χ3n) is 2.08. The first-order valence-corrected chi connectivity index (χ1v) is 5.41. The first-order chi connectivity index (χ1) is 6.91. The van der Waals surface area contributed by atoms with Gasteiger partial charge in [-0.1, -0.05) is 25.2 Å². The fourth-order valence-electron chi connectivity index (χ4n) is 1.39. The van der Waals surface area contributed by atoms with Crippen molar-refractivity contribution in [2.24, 2.45) is 5.92 Å². The van der Waals surface area contributed by atoms with Crippen molar-refractivity contribution in [2.75, 3.05) is 0 Å². The summed E-state index contributed by atoms with van der Waals surface area (Å²) >= 11 is 0. The van der Waals surface area contributed by atoms with Gasteiger partial charge >= 0.3 is 5.97 Å². The molecule has 0 N–H and O–H groups in total. The summed E-state index contributed by atoms with van der Waals surface area (Å²) in [7, 11) is 0. The third kappa shape index (κ3) is 9.26. The molecule has 2 heteroatoms. The maximum absolute atomic E-state index is 10.6. The summed E-state index contributed by atoms with van der Waals surface area (Å²) in [5.74, 6) is 0.802. The Morgan fingerprint density at radius 1 is 1.40 bits per heavy atom. The highest BCUT2D eigenvalue weighted by molar-refractivity contribution is 5.67. The van der Waals surface area contributed by atoms with E-state index in [1.54, 1.807) is 0 Å². The molecule has 0 bridgehead atoms. The standard InChI is InChI=1S/C13H22O2/c1-10(2)7-6-8-11(3)9-12(4)15-13(5)14/h7,11H,4,6,8-9H2,1-3,5H3/t11-/m0/s1. The molecule has 0 aromatic heterocycles. The van der Waals surface area contributed by atoms with E-state index in [1.807, 2.05) is 0 Å². The quantitative estimate of drug-likeness (QED) is 0.378. The molecule has 0 heterocycles. The Hall–Kier alpha value is -1.05. The topological polar surface area (TPSA) is 26.3 Å². The Balaban J connectivity index is 3.73. The van der Waals surface area contributed by atoms with Crippen LogP contribution in [0.3, 0.4) is 0 Å². The molecular formula is C13H22O2. The summed E-state index contributed by atoms with van der Waals surface area (Å²) in [4.78, 5) is 10.6. The largest absolute Gasteiger partial charge is 0.432 e. The number of hydrogen-bond acceptors (Lipinski definition) is 2. The highest BCUT2D eigenvalue weighted by atomic mass is 16.5. The molecule has 1 atom stereocenters. The molecule has 0 aliphatic heterocycles. The zero-order valence-corrected chi connectivity index (χ0v) is 10.3. The highest BCUT2D eigenvalue weighted by Gasteiger charge is 2.06. The van der Waals surface area contributed by atoms with E-state index in [1.165, 1.54) is 12.5 Å². The average Bonchev–Trinajstić information content (AvgIpc) is 2.00. The minimum absolute atomic E-state index is 0.281. The Kier molecular flexibility index (Phi) is 6.76. The summed E-state index contributed by atoms with van der Waals surface area (Å²) in [6.07, 6.45) is 5.17. The van der Waals surface area contributed by atoms with Crippen LogP contribution in [-0.4, -0.2) is 5.97 Å². The third-order valence-corrected chi connectivity index (χ3v) is 2.08. The van der Waals surface area contributed by atoms with Gasteiger partial charge in [0.15, 0.2) is 0 Å². The fraction of sp³-hybridized carbons (Fsp3) is 0.615. The van der Waals surface area contributed by atoms with E-state index < -0.39 is 0 Å². The molecule has 0 aliphatic carbocycles. The number of rotatable bonds is 6. The lowest BCUT2D eigenvalue weighted by Crippen LogP contribution is -2.02. The van der Waals surface area contributed by atoms with Crippen molar-refractivity contribution in [1.29, 1.82) is 0 Å². The summed E-state index contributed by atoms with van der Waals surface area (Å²) in [5.41, 5.74) is 1.35. The number of carbonyl (C=O) groups is 1. The average molecular weight is 210 g/mol. The lowest BCUT2D eigenvalue weighted by atomic mass is 10.0. The molecular weight excluding hydrogens is 188 g/mol. The van der Waals surface area contributed by atoms with Gasteiger partial charge in [0.05, 0.1) is 0 Å². The Morgan fingerprint density at radius 3 is 2.47 bits per heavy atom. The zero-order valence-electron chi connectivity index (χ0n) is 10.3. The number of esters is 1. The van der Waals surface area contributed by atoms with Crippen LogP contribution in [0.15, 0.2) is 24.0 Å². The van der Waals surface area contributed by atoms with Crippen LogP contribution < -0.4 is 0 Å². The van der Waals surface area contributed by atoms with Gasteiger partial charge in [-0.05, 0) is 32.6 Å². The molecule has 0 spiro atoms. The molecule has 2 nitrogen and oxygen atoms in total. The van der Waals surface area contributed by atoms with Crippen molar-refractivity contribution in [3.05, 3.63) is 24.0 Å². The number of carbonyl (C=O) groups excluding carboxylic acids is 1. The second-order valence-corrected chi connectivity index (χ2v) is 4.30. The normalized spacial score (nSPS) is 11.7. The summed E-state index contributed by atoms with van der Waals surface area (Å²) in [6.45, 7) is 11.5. The predicted molar refractivity (Wildman–Crippen MR) is 63.4 cm³/mol. The first-order valence-electron chi connectivity index (χ1n) is 5.41. The van der Waals surface area contributed by atoms with Crippen molar-refractivity contribution >= 4 is 5.97 Å². The maximum Gasteiger partial charge on any atom is 0.307 e. The van der Waals surface area contributed by atoms with E-state index in [2.05, 4.69) is 33.4 Å². The molecule has 15 heavy (non-hydrogen) atoms. The second kappa shape index (κ2) is 7.27. The lowest BCUT2D eigenvalue weighted by Gasteiger charge is -2.11. The van der Waals surface area contributed by atoms with Crippen LogP contribution in [0.1, 0.15) is 47.0 Å². The van der Waals surface area contributed by atoms with Crippen LogP contribution in [0.25, 0.3) is 0 Å². The van der Waals surface area contributed by atoms with Crippen molar-refractivity contribution in [3.8, 4) is 0 Å². The van der Waals surface area contributed by atoms with E-state index in [4.69, 9.17) is 4.74 Å². The summed E-state index contributed by atoms with van der Waals surface area (Å²) < 4.78 is 4.90. The van der Waals surface area contributed by atoms with E-state index in [0.29, 0.717) is 11.7 Å². The van der Waals surface area contributed by atoms with Crippen molar-refractivity contribution in [1.82, 2.24) is 0 Å². The SMILES string of the molecule is C=C(C[C@@H](C)CCC=C(C)C)OC(C)=O. The van der Waals surface area contributed by atoms with Crippen molar-refractivity contribution in [2.45, 2.75) is 47.0 Å². The van der Waals surface area contributed by atoms with E-state index >= 15 is 0 Å². The van der Waals surface area contributed by atoms with Crippen LogP contribution >= 0.6 is 0 Å². The maximum atomic E-state index is 10.6. The number of hydrogen-bond donors (Lipinski definition) is 0. The van der Waals surface area contributed by atoms with Crippen molar-refractivity contribution in [3.63, 3.8) is 0 Å². The number of allylic oxidation sites excluding steroid dienone is 3. The molecule has 0 saturated heterocycles. The predicted octanol–water partition coefficient (Wildman–Crippen LogP) is 3.84. The minimum Gasteiger partial charge on any atom is -0.432 e. The molecule has 0 fully saturated rings. The van der Waals surface area contributed by atoms with E-state index in [0.717, 1.165) is 19.3 Å². The van der Waals surface area contributed by atoms with Gasteiger partial charge in [-0.2, -0.15) is 0 Å². The fourth-order valence-corrected chi connectivity index (χ4v) is 1.39. The molecule has 0 rings (SSSR count). The zero-order chi connectivity index (χ0) is 11.8. The number of ether oxygens (including phenoxy) is 1. The van der Waals surface area contributed by atoms with Gasteiger partial charge in [0.25, 0.3) is 0 Å². The molecule has 86 valence electrons. The van der Waals surface area contributed by atoms with Gasteiger partial charge in [-0.3, -0.25) is 4.79 Å². The van der Waals surface area contributed by atoms with Gasteiger partial charge in [0.1, 0.15) is 5.76 Å². The summed E-state index contributed by atoms with van der Waals surface area (Å²) in [6, 6.07) is 0. The van der Waals surface area contributed by atoms with Gasteiger partial charge < -0.3 is 4.74 Å². The van der Waals surface area contributed by atoms with Gasteiger partial charge in [-0.15, -0.1) is 0 Å².